The summed E-state index contributed by atoms with van der Waals surface area (Å²) in [5.41, 5.74) is 9.38. The SMILES string of the molecule is CC(C)NC(=O)O.Cn1nc(N)c2c(-c3ccc(NC(=O)Nc4cccc(C(F)(F)F)c4)cc3)cc(C3CC3)nc21. The molecule has 1 saturated carbocycles. The number of aryl methyl sites for hydroxylation is 1. The standard InChI is InChI=1S/C24H21F3N6O.C4H9NO2/c1-33-22-20(21(28)32-33)18(12-19(31-22)14-5-6-14)13-7-9-16(10-8-13)29-23(34)30-17-4-2-3-15(11-17)24(25,26)27;1-3(2)5-4(6)7/h2-4,7-12,14H,5-6H2,1H3,(H2,28,32)(H2,29,30,34);3,5H,1-2H3,(H,6,7). The van der Waals surface area contributed by atoms with Crippen LogP contribution in [0.2, 0.25) is 0 Å². The molecule has 1 fully saturated rings. The van der Waals surface area contributed by atoms with E-state index in [0.717, 1.165) is 52.8 Å². The first-order valence-electron chi connectivity index (χ1n) is 12.8. The van der Waals surface area contributed by atoms with Gasteiger partial charge < -0.3 is 26.8 Å². The number of rotatable bonds is 5. The van der Waals surface area contributed by atoms with Gasteiger partial charge >= 0.3 is 18.3 Å². The highest BCUT2D eigenvalue weighted by Gasteiger charge is 2.30. The molecule has 6 N–H and O–H groups in total. The van der Waals surface area contributed by atoms with E-state index in [2.05, 4.69) is 21.0 Å². The Kier molecular flexibility index (Phi) is 8.36. The van der Waals surface area contributed by atoms with Gasteiger partial charge in [0.15, 0.2) is 11.5 Å². The van der Waals surface area contributed by atoms with Crippen LogP contribution in [0.4, 0.5) is 40.0 Å². The van der Waals surface area contributed by atoms with Gasteiger partial charge in [-0.2, -0.15) is 18.3 Å². The number of urea groups is 1. The maximum Gasteiger partial charge on any atom is 0.416 e. The molecule has 2 aromatic carbocycles. The van der Waals surface area contributed by atoms with E-state index in [0.29, 0.717) is 17.4 Å². The lowest BCUT2D eigenvalue weighted by molar-refractivity contribution is -0.137. The van der Waals surface area contributed by atoms with E-state index < -0.39 is 23.9 Å². The largest absolute Gasteiger partial charge is 0.465 e. The summed E-state index contributed by atoms with van der Waals surface area (Å²) in [6.45, 7) is 3.54. The van der Waals surface area contributed by atoms with Gasteiger partial charge in [-0.15, -0.1) is 0 Å². The summed E-state index contributed by atoms with van der Waals surface area (Å²) in [6, 6.07) is 13.0. The van der Waals surface area contributed by atoms with Crippen LogP contribution < -0.4 is 21.7 Å². The number of hydrogen-bond acceptors (Lipinski definition) is 5. The first-order chi connectivity index (χ1) is 19.3. The van der Waals surface area contributed by atoms with Gasteiger partial charge in [0.2, 0.25) is 0 Å². The number of pyridine rings is 1. The molecular formula is C28H30F3N7O3. The molecule has 0 aliphatic heterocycles. The molecule has 4 aromatic rings. The Hall–Kier alpha value is -4.81. The Morgan fingerprint density at radius 1 is 1.05 bits per heavy atom. The summed E-state index contributed by atoms with van der Waals surface area (Å²) >= 11 is 0. The van der Waals surface area contributed by atoms with Gasteiger partial charge in [-0.3, -0.25) is 0 Å². The van der Waals surface area contributed by atoms with E-state index >= 15 is 0 Å². The number of alkyl halides is 3. The molecule has 0 atom stereocenters. The summed E-state index contributed by atoms with van der Waals surface area (Å²) in [5.74, 6) is 0.838. The fourth-order valence-electron chi connectivity index (χ4n) is 4.16. The third-order valence-electron chi connectivity index (χ3n) is 6.15. The molecule has 2 heterocycles. The van der Waals surface area contributed by atoms with Gasteiger partial charge in [-0.05, 0) is 74.2 Å². The number of fused-ring (bicyclic) bond motifs is 1. The van der Waals surface area contributed by atoms with Gasteiger partial charge in [0.1, 0.15) is 0 Å². The predicted molar refractivity (Wildman–Crippen MR) is 151 cm³/mol. The van der Waals surface area contributed by atoms with Crippen molar-refractivity contribution in [3.8, 4) is 11.1 Å². The summed E-state index contributed by atoms with van der Waals surface area (Å²) in [6.07, 6.45) is -3.24. The Morgan fingerprint density at radius 3 is 2.27 bits per heavy atom. The smallest absolute Gasteiger partial charge is 0.416 e. The Labute approximate surface area is 233 Å². The van der Waals surface area contributed by atoms with Crippen LogP contribution >= 0.6 is 0 Å². The zero-order valence-corrected chi connectivity index (χ0v) is 22.6. The van der Waals surface area contributed by atoms with Crippen LogP contribution in [0.3, 0.4) is 0 Å². The number of nitrogens with zero attached hydrogens (tertiary/aromatic N) is 3. The minimum atomic E-state index is -4.49. The van der Waals surface area contributed by atoms with Crippen LogP contribution in [0.15, 0.2) is 54.6 Å². The number of amides is 3. The molecule has 0 unspecified atom stereocenters. The molecule has 1 aliphatic carbocycles. The molecule has 0 bridgehead atoms. The van der Waals surface area contributed by atoms with Crippen molar-refractivity contribution in [2.75, 3.05) is 16.4 Å². The van der Waals surface area contributed by atoms with Crippen molar-refractivity contribution in [3.05, 3.63) is 65.9 Å². The van der Waals surface area contributed by atoms with E-state index in [1.165, 1.54) is 12.1 Å². The topological polar surface area (TPSA) is 147 Å². The molecule has 41 heavy (non-hydrogen) atoms. The Balaban J connectivity index is 0.000000493. The molecular weight excluding hydrogens is 539 g/mol. The van der Waals surface area contributed by atoms with Crippen molar-refractivity contribution in [2.45, 2.75) is 44.8 Å². The summed E-state index contributed by atoms with van der Waals surface area (Å²) < 4.78 is 40.3. The molecule has 3 amide bonds. The van der Waals surface area contributed by atoms with E-state index in [1.807, 2.05) is 25.2 Å². The lowest BCUT2D eigenvalue weighted by Gasteiger charge is -2.12. The predicted octanol–water partition coefficient (Wildman–Crippen LogP) is 6.42. The lowest BCUT2D eigenvalue weighted by atomic mass is 10.0. The minimum absolute atomic E-state index is 0.0255. The highest BCUT2D eigenvalue weighted by Crippen LogP contribution is 2.42. The molecule has 0 saturated heterocycles. The second-order valence-corrected chi connectivity index (χ2v) is 9.92. The second kappa shape index (κ2) is 11.7. The second-order valence-electron chi connectivity index (χ2n) is 9.92. The van der Waals surface area contributed by atoms with E-state index in [1.54, 1.807) is 30.7 Å². The monoisotopic (exact) mass is 569 g/mol. The van der Waals surface area contributed by atoms with Gasteiger partial charge in [-0.25, -0.2) is 19.3 Å². The normalized spacial score (nSPS) is 13.0. The van der Waals surface area contributed by atoms with Crippen molar-refractivity contribution >= 4 is 40.4 Å². The molecule has 216 valence electrons. The van der Waals surface area contributed by atoms with Gasteiger partial charge in [0.05, 0.1) is 10.9 Å². The summed E-state index contributed by atoms with van der Waals surface area (Å²) in [7, 11) is 1.81. The van der Waals surface area contributed by atoms with Gasteiger partial charge in [0.25, 0.3) is 0 Å². The molecule has 13 heteroatoms. The molecule has 10 nitrogen and oxygen atoms in total. The van der Waals surface area contributed by atoms with Crippen molar-refractivity contribution in [1.82, 2.24) is 20.1 Å². The van der Waals surface area contributed by atoms with Gasteiger partial charge in [0, 0.05) is 36.1 Å². The number of carbonyl (C=O) groups is 2. The first kappa shape index (κ1) is 29.2. The third-order valence-corrected chi connectivity index (χ3v) is 6.15. The summed E-state index contributed by atoms with van der Waals surface area (Å²) in [5, 5.41) is 20.3. The quantitative estimate of drug-likeness (QED) is 0.187. The fourth-order valence-corrected chi connectivity index (χ4v) is 4.16. The van der Waals surface area contributed by atoms with Gasteiger partial charge in [-0.1, -0.05) is 18.2 Å². The average Bonchev–Trinajstić information content (AvgIpc) is 3.69. The number of nitrogens with one attached hydrogen (secondary N) is 3. The van der Waals surface area contributed by atoms with E-state index in [9.17, 15) is 22.8 Å². The van der Waals surface area contributed by atoms with Crippen LogP contribution in [-0.4, -0.2) is 38.0 Å². The van der Waals surface area contributed by atoms with Crippen molar-refractivity contribution in [1.29, 1.82) is 0 Å². The zero-order chi connectivity index (χ0) is 29.9. The third kappa shape index (κ3) is 7.44. The molecule has 0 spiro atoms. The number of nitrogens with two attached hydrogens (primary N) is 1. The Bertz CT molecular complexity index is 1560. The fraction of sp³-hybridized carbons (Fsp3) is 0.286. The van der Waals surface area contributed by atoms with Crippen LogP contribution in [-0.2, 0) is 13.2 Å². The highest BCUT2D eigenvalue weighted by atomic mass is 19.4. The number of anilines is 3. The maximum absolute atomic E-state index is 12.9. The number of carbonyl (C=O) groups excluding carboxylic acids is 1. The number of halogens is 3. The van der Waals surface area contributed by atoms with E-state index in [4.69, 9.17) is 15.8 Å². The number of aromatic nitrogens is 3. The number of carboxylic acid groups (broad SMARTS) is 1. The number of nitrogen functional groups attached to an aromatic ring is 1. The zero-order valence-electron chi connectivity index (χ0n) is 22.6. The number of benzene rings is 2. The highest BCUT2D eigenvalue weighted by molar-refractivity contribution is 6.02. The van der Waals surface area contributed by atoms with Crippen LogP contribution in [0.25, 0.3) is 22.2 Å². The average molecular weight is 570 g/mol. The first-order valence-corrected chi connectivity index (χ1v) is 12.8. The number of hydrogen-bond donors (Lipinski definition) is 5. The lowest BCUT2D eigenvalue weighted by Crippen LogP contribution is -2.27. The molecule has 0 radical (unpaired) electrons. The van der Waals surface area contributed by atoms with Crippen LogP contribution in [0.1, 0.15) is 43.9 Å². The van der Waals surface area contributed by atoms with Crippen LogP contribution in [0.5, 0.6) is 0 Å². The molecule has 1 aliphatic rings. The molecule has 5 rings (SSSR count). The minimum Gasteiger partial charge on any atom is -0.465 e. The van der Waals surface area contributed by atoms with E-state index in [-0.39, 0.29) is 11.7 Å². The summed E-state index contributed by atoms with van der Waals surface area (Å²) in [4.78, 5) is 26.8. The molecule has 2 aromatic heterocycles. The van der Waals surface area contributed by atoms with Crippen molar-refractivity contribution in [3.63, 3.8) is 0 Å². The van der Waals surface area contributed by atoms with Crippen molar-refractivity contribution < 1.29 is 27.9 Å². The van der Waals surface area contributed by atoms with Crippen molar-refractivity contribution in [2.24, 2.45) is 7.05 Å². The van der Waals surface area contributed by atoms with Crippen LogP contribution in [0, 0.1) is 0 Å². The maximum atomic E-state index is 12.9. The Morgan fingerprint density at radius 2 is 1.71 bits per heavy atom.